The highest BCUT2D eigenvalue weighted by molar-refractivity contribution is 6.24. The SMILES string of the molecule is COc1ccc([C@@H]2[C@H]3C(=O)N(c4ccccc4C)C(=O)[C@H]3ON2c2ccccc2)c(OC)c1. The van der Waals surface area contributed by atoms with Gasteiger partial charge in [0.1, 0.15) is 17.4 Å². The Morgan fingerprint density at radius 3 is 2.27 bits per heavy atom. The van der Waals surface area contributed by atoms with Crippen LogP contribution in [0.1, 0.15) is 17.2 Å². The van der Waals surface area contributed by atoms with E-state index < -0.39 is 18.1 Å². The third-order valence-electron chi connectivity index (χ3n) is 6.24. The second-order valence-electron chi connectivity index (χ2n) is 8.06. The molecule has 3 aromatic carbocycles. The van der Waals surface area contributed by atoms with Crippen molar-refractivity contribution < 1.29 is 23.9 Å². The summed E-state index contributed by atoms with van der Waals surface area (Å²) in [6, 6.07) is 21.7. The van der Waals surface area contributed by atoms with Gasteiger partial charge in [-0.2, -0.15) is 0 Å². The first-order valence-electron chi connectivity index (χ1n) is 10.7. The number of hydroxylamine groups is 1. The maximum atomic E-state index is 13.8. The molecule has 7 nitrogen and oxygen atoms in total. The fraction of sp³-hybridized carbons (Fsp3) is 0.231. The van der Waals surface area contributed by atoms with Crippen LogP contribution in [0.3, 0.4) is 0 Å². The first-order chi connectivity index (χ1) is 16.0. The van der Waals surface area contributed by atoms with E-state index in [0.717, 1.165) is 16.8 Å². The first kappa shape index (κ1) is 21.0. The monoisotopic (exact) mass is 444 g/mol. The van der Waals surface area contributed by atoms with Crippen LogP contribution in [0.4, 0.5) is 11.4 Å². The Morgan fingerprint density at radius 2 is 1.58 bits per heavy atom. The third kappa shape index (κ3) is 3.32. The second-order valence-corrected chi connectivity index (χ2v) is 8.06. The number of carbonyl (C=O) groups is 2. The van der Waals surface area contributed by atoms with Crippen LogP contribution in [0, 0.1) is 12.8 Å². The van der Waals surface area contributed by atoms with E-state index in [1.54, 1.807) is 31.4 Å². The first-order valence-corrected chi connectivity index (χ1v) is 10.7. The van der Waals surface area contributed by atoms with Gasteiger partial charge in [0.05, 0.1) is 31.6 Å². The Hall–Kier alpha value is -3.84. The van der Waals surface area contributed by atoms with Crippen molar-refractivity contribution in [1.29, 1.82) is 0 Å². The van der Waals surface area contributed by atoms with Gasteiger partial charge in [0, 0.05) is 11.6 Å². The van der Waals surface area contributed by atoms with E-state index in [4.69, 9.17) is 14.3 Å². The van der Waals surface area contributed by atoms with Gasteiger partial charge in [0.2, 0.25) is 5.91 Å². The van der Waals surface area contributed by atoms with Crippen LogP contribution >= 0.6 is 0 Å². The number of amides is 2. The van der Waals surface area contributed by atoms with Crippen molar-refractivity contribution in [3.63, 3.8) is 0 Å². The molecular formula is C26H24N2O5. The Morgan fingerprint density at radius 1 is 0.848 bits per heavy atom. The average molecular weight is 444 g/mol. The molecular weight excluding hydrogens is 420 g/mol. The normalized spacial score (nSPS) is 22.0. The van der Waals surface area contributed by atoms with Crippen molar-refractivity contribution in [3.8, 4) is 11.5 Å². The minimum atomic E-state index is -0.936. The smallest absolute Gasteiger partial charge is 0.266 e. The maximum absolute atomic E-state index is 13.8. The fourth-order valence-corrected chi connectivity index (χ4v) is 4.64. The van der Waals surface area contributed by atoms with Gasteiger partial charge in [-0.05, 0) is 42.8 Å². The fourth-order valence-electron chi connectivity index (χ4n) is 4.64. The van der Waals surface area contributed by atoms with Gasteiger partial charge in [-0.15, -0.1) is 0 Å². The molecule has 0 spiro atoms. The highest BCUT2D eigenvalue weighted by atomic mass is 16.7. The number of rotatable bonds is 5. The van der Waals surface area contributed by atoms with Crippen molar-refractivity contribution in [2.24, 2.45) is 5.92 Å². The lowest BCUT2D eigenvalue weighted by Gasteiger charge is -2.30. The lowest BCUT2D eigenvalue weighted by atomic mass is 9.90. The Bertz CT molecular complexity index is 1210. The van der Waals surface area contributed by atoms with Crippen LogP contribution in [-0.4, -0.2) is 32.1 Å². The number of methoxy groups -OCH3 is 2. The molecule has 0 aliphatic carbocycles. The summed E-state index contributed by atoms with van der Waals surface area (Å²) in [5.41, 5.74) is 2.91. The van der Waals surface area contributed by atoms with Crippen LogP contribution in [0.5, 0.6) is 11.5 Å². The van der Waals surface area contributed by atoms with E-state index in [0.29, 0.717) is 17.2 Å². The van der Waals surface area contributed by atoms with Crippen molar-refractivity contribution in [2.75, 3.05) is 24.2 Å². The molecule has 2 fully saturated rings. The Labute approximate surface area is 192 Å². The number of anilines is 2. The third-order valence-corrected chi connectivity index (χ3v) is 6.24. The van der Waals surface area contributed by atoms with Gasteiger partial charge < -0.3 is 9.47 Å². The minimum Gasteiger partial charge on any atom is -0.497 e. The topological polar surface area (TPSA) is 68.3 Å². The van der Waals surface area contributed by atoms with Crippen LogP contribution in [0.2, 0.25) is 0 Å². The molecule has 2 amide bonds. The van der Waals surface area contributed by atoms with Gasteiger partial charge in [-0.1, -0.05) is 36.4 Å². The molecule has 0 N–H and O–H groups in total. The molecule has 0 radical (unpaired) electrons. The number of hydrogen-bond donors (Lipinski definition) is 0. The molecule has 2 aliphatic rings. The van der Waals surface area contributed by atoms with Crippen LogP contribution in [0.15, 0.2) is 72.8 Å². The summed E-state index contributed by atoms with van der Waals surface area (Å²) in [7, 11) is 3.15. The van der Waals surface area contributed by atoms with Crippen LogP contribution in [-0.2, 0) is 14.4 Å². The van der Waals surface area contributed by atoms with Crippen LogP contribution < -0.4 is 19.4 Å². The number of aryl methyl sites for hydroxylation is 1. The van der Waals surface area contributed by atoms with E-state index in [2.05, 4.69) is 0 Å². The molecule has 2 aliphatic heterocycles. The van der Waals surface area contributed by atoms with E-state index in [1.165, 1.54) is 4.90 Å². The summed E-state index contributed by atoms with van der Waals surface area (Å²) in [5, 5.41) is 1.66. The zero-order chi connectivity index (χ0) is 23.1. The quantitative estimate of drug-likeness (QED) is 0.553. The molecule has 0 bridgehead atoms. The summed E-state index contributed by atoms with van der Waals surface area (Å²) in [5.74, 6) is -0.206. The molecule has 0 unspecified atom stereocenters. The number of carbonyl (C=O) groups excluding carboxylic acids is 2. The summed E-state index contributed by atoms with van der Waals surface area (Å²) >= 11 is 0. The number of para-hydroxylation sites is 2. The van der Waals surface area contributed by atoms with E-state index in [1.807, 2.05) is 67.6 Å². The standard InChI is InChI=1S/C26H24N2O5/c1-16-9-7-8-12-20(16)27-25(29)22-23(19-14-13-18(31-2)15-21(19)32-3)28(33-24(22)26(27)30)17-10-5-4-6-11-17/h4-15,22-24H,1-3H3/t22-,23-,24+/m1/s1. The number of hydrogen-bond acceptors (Lipinski definition) is 6. The van der Waals surface area contributed by atoms with Crippen molar-refractivity contribution >= 4 is 23.2 Å². The molecule has 168 valence electrons. The number of benzene rings is 3. The van der Waals surface area contributed by atoms with Gasteiger partial charge in [-0.25, -0.2) is 9.96 Å². The number of ether oxygens (including phenoxy) is 2. The van der Waals surface area contributed by atoms with Gasteiger partial charge in [0.15, 0.2) is 6.10 Å². The molecule has 2 heterocycles. The molecule has 0 saturated carbocycles. The molecule has 2 saturated heterocycles. The Kier molecular flexibility index (Phi) is 5.26. The van der Waals surface area contributed by atoms with Crippen molar-refractivity contribution in [1.82, 2.24) is 0 Å². The highest BCUT2D eigenvalue weighted by Gasteiger charge is 2.60. The number of fused-ring (bicyclic) bond motifs is 1. The predicted octanol–water partition coefficient (Wildman–Crippen LogP) is 4.06. The summed E-state index contributed by atoms with van der Waals surface area (Å²) < 4.78 is 11.0. The average Bonchev–Trinajstić information content (AvgIpc) is 3.35. The van der Waals surface area contributed by atoms with Crippen molar-refractivity contribution in [2.45, 2.75) is 19.1 Å². The highest BCUT2D eigenvalue weighted by Crippen LogP contribution is 2.50. The van der Waals surface area contributed by atoms with E-state index in [9.17, 15) is 9.59 Å². The number of nitrogens with zero attached hydrogens (tertiary/aromatic N) is 2. The lowest BCUT2D eigenvalue weighted by Crippen LogP contribution is -2.37. The zero-order valence-electron chi connectivity index (χ0n) is 18.6. The van der Waals surface area contributed by atoms with E-state index in [-0.39, 0.29) is 11.8 Å². The lowest BCUT2D eigenvalue weighted by molar-refractivity contribution is -0.126. The number of imide groups is 1. The van der Waals surface area contributed by atoms with Gasteiger partial charge in [-0.3, -0.25) is 14.4 Å². The molecule has 3 aromatic rings. The molecule has 3 atom stereocenters. The van der Waals surface area contributed by atoms with Crippen LogP contribution in [0.25, 0.3) is 0 Å². The molecule has 5 rings (SSSR count). The molecule has 7 heteroatoms. The van der Waals surface area contributed by atoms with E-state index >= 15 is 0 Å². The summed E-state index contributed by atoms with van der Waals surface area (Å²) in [4.78, 5) is 34.7. The summed E-state index contributed by atoms with van der Waals surface area (Å²) in [6.45, 7) is 1.88. The van der Waals surface area contributed by atoms with Crippen molar-refractivity contribution in [3.05, 3.63) is 83.9 Å². The molecule has 33 heavy (non-hydrogen) atoms. The second kappa shape index (κ2) is 8.26. The van der Waals surface area contributed by atoms with Gasteiger partial charge >= 0.3 is 0 Å². The predicted molar refractivity (Wildman–Crippen MR) is 123 cm³/mol. The largest absolute Gasteiger partial charge is 0.497 e. The minimum absolute atomic E-state index is 0.291. The summed E-state index contributed by atoms with van der Waals surface area (Å²) in [6.07, 6.45) is -0.936. The maximum Gasteiger partial charge on any atom is 0.266 e. The molecule has 0 aromatic heterocycles. The zero-order valence-corrected chi connectivity index (χ0v) is 18.6. The Balaban J connectivity index is 1.64. The van der Waals surface area contributed by atoms with Gasteiger partial charge in [0.25, 0.3) is 5.91 Å².